The Kier molecular flexibility index (Phi) is 5.75. The van der Waals surface area contributed by atoms with Gasteiger partial charge in [0.05, 0.1) is 6.10 Å². The maximum absolute atomic E-state index is 12.5. The third kappa shape index (κ3) is 4.97. The van der Waals surface area contributed by atoms with Crippen molar-refractivity contribution in [1.29, 1.82) is 0 Å². The number of fused-ring (bicyclic) bond motifs is 1. The number of ether oxygens (including phenoxy) is 1. The molecule has 0 bridgehead atoms. The van der Waals surface area contributed by atoms with Crippen molar-refractivity contribution in [3.63, 3.8) is 0 Å². The van der Waals surface area contributed by atoms with Crippen molar-refractivity contribution in [3.8, 4) is 0 Å². The van der Waals surface area contributed by atoms with Crippen LogP contribution in [0.3, 0.4) is 0 Å². The molecule has 176 valence electrons. The second-order valence-electron chi connectivity index (χ2n) is 8.17. The van der Waals surface area contributed by atoms with Crippen LogP contribution in [0.4, 0.5) is 13.2 Å². The van der Waals surface area contributed by atoms with Gasteiger partial charge < -0.3 is 8.83 Å². The zero-order valence-corrected chi connectivity index (χ0v) is 17.9. The Balaban J connectivity index is 1.11. The SMILES string of the molecule is O=C(NN1CCC(c2nnc(C3CC(OC(F)(F)F)C3)o2)CC1)c1nc2cc(Cl)ccc2o1. The molecule has 2 aliphatic rings. The summed E-state index contributed by atoms with van der Waals surface area (Å²) in [6, 6.07) is 4.93. The van der Waals surface area contributed by atoms with Crippen LogP contribution in [0.5, 0.6) is 0 Å². The largest absolute Gasteiger partial charge is 0.522 e. The van der Waals surface area contributed by atoms with Crippen LogP contribution in [-0.2, 0) is 4.74 Å². The highest BCUT2D eigenvalue weighted by Crippen LogP contribution is 2.41. The van der Waals surface area contributed by atoms with Gasteiger partial charge in [-0.1, -0.05) is 11.6 Å². The number of benzene rings is 1. The lowest BCUT2D eigenvalue weighted by Crippen LogP contribution is -2.46. The minimum Gasteiger partial charge on any atom is -0.432 e. The molecule has 3 aromatic rings. The fourth-order valence-electron chi connectivity index (χ4n) is 4.06. The normalized spacial score (nSPS) is 22.4. The fraction of sp³-hybridized carbons (Fsp3) is 0.500. The number of oxazole rings is 1. The second-order valence-corrected chi connectivity index (χ2v) is 8.60. The predicted octanol–water partition coefficient (Wildman–Crippen LogP) is 4.17. The van der Waals surface area contributed by atoms with E-state index in [2.05, 4.69) is 25.3 Å². The van der Waals surface area contributed by atoms with E-state index in [4.69, 9.17) is 20.4 Å². The molecule has 0 unspecified atom stereocenters. The fourth-order valence-corrected chi connectivity index (χ4v) is 4.22. The van der Waals surface area contributed by atoms with Crippen LogP contribution in [-0.4, -0.2) is 51.7 Å². The van der Waals surface area contributed by atoms with E-state index in [-0.39, 0.29) is 30.6 Å². The van der Waals surface area contributed by atoms with Crippen LogP contribution >= 0.6 is 11.6 Å². The van der Waals surface area contributed by atoms with Gasteiger partial charge in [-0.05, 0) is 43.9 Å². The summed E-state index contributed by atoms with van der Waals surface area (Å²) < 4.78 is 52.0. The lowest BCUT2D eigenvalue weighted by molar-refractivity contribution is -0.352. The molecule has 1 aromatic carbocycles. The number of aromatic nitrogens is 3. The first-order valence-corrected chi connectivity index (χ1v) is 10.8. The highest BCUT2D eigenvalue weighted by Gasteiger charge is 2.42. The van der Waals surface area contributed by atoms with Gasteiger partial charge in [0.2, 0.25) is 11.8 Å². The summed E-state index contributed by atoms with van der Waals surface area (Å²) >= 11 is 5.93. The first-order chi connectivity index (χ1) is 15.7. The number of nitrogens with one attached hydrogen (secondary N) is 1. The van der Waals surface area contributed by atoms with Crippen molar-refractivity contribution in [3.05, 3.63) is 40.9 Å². The average Bonchev–Trinajstić information content (AvgIpc) is 3.37. The Morgan fingerprint density at radius 3 is 2.52 bits per heavy atom. The smallest absolute Gasteiger partial charge is 0.432 e. The van der Waals surface area contributed by atoms with Crippen molar-refractivity contribution >= 4 is 28.6 Å². The molecule has 0 radical (unpaired) electrons. The molecular formula is C20H19ClF3N5O4. The van der Waals surface area contributed by atoms with Gasteiger partial charge in [-0.3, -0.25) is 15.0 Å². The molecule has 13 heteroatoms. The molecule has 1 amide bonds. The number of carbonyl (C=O) groups excluding carboxylic acids is 1. The summed E-state index contributed by atoms with van der Waals surface area (Å²) in [7, 11) is 0. The Bertz CT molecular complexity index is 1150. The topological polar surface area (TPSA) is 107 Å². The number of nitrogens with zero attached hydrogens (tertiary/aromatic N) is 4. The summed E-state index contributed by atoms with van der Waals surface area (Å²) in [5, 5.41) is 10.4. The maximum Gasteiger partial charge on any atom is 0.522 e. The molecular weight excluding hydrogens is 467 g/mol. The van der Waals surface area contributed by atoms with Crippen LogP contribution in [0.2, 0.25) is 5.02 Å². The third-order valence-electron chi connectivity index (χ3n) is 5.85. The zero-order valence-electron chi connectivity index (χ0n) is 17.1. The summed E-state index contributed by atoms with van der Waals surface area (Å²) in [4.78, 5) is 16.7. The minimum absolute atomic E-state index is 0.00756. The van der Waals surface area contributed by atoms with Gasteiger partial charge in [-0.2, -0.15) is 0 Å². The number of alkyl halides is 3. The van der Waals surface area contributed by atoms with E-state index in [0.717, 1.165) is 0 Å². The van der Waals surface area contributed by atoms with Gasteiger partial charge in [0, 0.05) is 29.9 Å². The van der Waals surface area contributed by atoms with Crippen LogP contribution in [0.25, 0.3) is 11.1 Å². The molecule has 1 aliphatic carbocycles. The van der Waals surface area contributed by atoms with E-state index in [1.807, 2.05) is 0 Å². The number of hydrogen-bond acceptors (Lipinski definition) is 8. The Labute approximate surface area is 190 Å². The van der Waals surface area contributed by atoms with E-state index < -0.39 is 18.4 Å². The monoisotopic (exact) mass is 485 g/mol. The van der Waals surface area contributed by atoms with Gasteiger partial charge in [0.1, 0.15) is 5.52 Å². The van der Waals surface area contributed by atoms with Crippen molar-refractivity contribution in [2.45, 2.75) is 50.0 Å². The van der Waals surface area contributed by atoms with Gasteiger partial charge in [0.15, 0.2) is 5.58 Å². The van der Waals surface area contributed by atoms with Gasteiger partial charge in [-0.15, -0.1) is 23.4 Å². The Morgan fingerprint density at radius 2 is 1.82 bits per heavy atom. The molecule has 5 rings (SSSR count). The van der Waals surface area contributed by atoms with Crippen LogP contribution in [0.1, 0.15) is 60.0 Å². The minimum atomic E-state index is -4.63. The lowest BCUT2D eigenvalue weighted by Gasteiger charge is -2.33. The molecule has 33 heavy (non-hydrogen) atoms. The molecule has 0 spiro atoms. The number of amides is 1. The van der Waals surface area contributed by atoms with Crippen molar-refractivity contribution in [1.82, 2.24) is 25.6 Å². The first kappa shape index (κ1) is 22.1. The molecule has 2 fully saturated rings. The molecule has 1 saturated carbocycles. The van der Waals surface area contributed by atoms with Gasteiger partial charge in [0.25, 0.3) is 5.89 Å². The van der Waals surface area contributed by atoms with E-state index in [1.54, 1.807) is 23.2 Å². The van der Waals surface area contributed by atoms with Crippen molar-refractivity contribution in [2.75, 3.05) is 13.1 Å². The summed E-state index contributed by atoms with van der Waals surface area (Å²) in [5.74, 6) is 0.0915. The predicted molar refractivity (Wildman–Crippen MR) is 107 cm³/mol. The van der Waals surface area contributed by atoms with Crippen molar-refractivity contribution < 1.29 is 31.5 Å². The highest BCUT2D eigenvalue weighted by molar-refractivity contribution is 6.31. The lowest BCUT2D eigenvalue weighted by atomic mass is 9.82. The number of rotatable bonds is 5. The van der Waals surface area contributed by atoms with E-state index in [1.165, 1.54) is 0 Å². The van der Waals surface area contributed by atoms with Gasteiger partial charge in [-0.25, -0.2) is 9.99 Å². The van der Waals surface area contributed by atoms with Crippen LogP contribution in [0.15, 0.2) is 27.0 Å². The first-order valence-electron chi connectivity index (χ1n) is 10.4. The summed E-state index contributed by atoms with van der Waals surface area (Å²) in [6.45, 7) is 1.09. The second kappa shape index (κ2) is 8.58. The average molecular weight is 486 g/mol. The maximum atomic E-state index is 12.5. The van der Waals surface area contributed by atoms with Gasteiger partial charge >= 0.3 is 12.3 Å². The molecule has 1 aliphatic heterocycles. The van der Waals surface area contributed by atoms with E-state index >= 15 is 0 Å². The Morgan fingerprint density at radius 1 is 1.12 bits per heavy atom. The number of carbonyl (C=O) groups is 1. The summed E-state index contributed by atoms with van der Waals surface area (Å²) in [6.07, 6.45) is -3.77. The number of hydrazine groups is 1. The van der Waals surface area contributed by atoms with Crippen LogP contribution in [0, 0.1) is 0 Å². The molecule has 2 aromatic heterocycles. The summed E-state index contributed by atoms with van der Waals surface area (Å²) in [5.41, 5.74) is 3.75. The van der Waals surface area contributed by atoms with Crippen LogP contribution < -0.4 is 5.43 Å². The quantitative estimate of drug-likeness (QED) is 0.574. The third-order valence-corrected chi connectivity index (χ3v) is 6.08. The molecule has 1 saturated heterocycles. The number of halogens is 4. The van der Waals surface area contributed by atoms with Crippen molar-refractivity contribution in [2.24, 2.45) is 0 Å². The Hall–Kier alpha value is -2.70. The molecule has 0 atom stereocenters. The number of hydrogen-bond donors (Lipinski definition) is 1. The standard InChI is InChI=1S/C20H19ClF3N5O4/c21-12-1-2-15-14(9-12)25-19(31-15)16(30)28-29-5-3-10(4-6-29)17-26-27-18(32-17)11-7-13(8-11)33-20(22,23)24/h1-2,9-11,13H,3-8H2,(H,28,30). The highest BCUT2D eigenvalue weighted by atomic mass is 35.5. The van der Waals surface area contributed by atoms with E-state index in [0.29, 0.717) is 53.8 Å². The molecule has 1 N–H and O–H groups in total. The molecule has 3 heterocycles. The zero-order chi connectivity index (χ0) is 23.2. The van der Waals surface area contributed by atoms with E-state index in [9.17, 15) is 18.0 Å². The molecule has 9 nitrogen and oxygen atoms in total. The number of piperidine rings is 1.